The summed E-state index contributed by atoms with van der Waals surface area (Å²) in [5.41, 5.74) is 5.66. The SMILES string of the molecule is O=C(CCc1ncc(-c2ccc(F)cc2)o1)NNc1ccccc1[N+](=O)[O-]. The van der Waals surface area contributed by atoms with E-state index in [1.807, 2.05) is 0 Å². The molecule has 0 spiro atoms. The van der Waals surface area contributed by atoms with Crippen molar-refractivity contribution in [3.05, 3.63) is 76.6 Å². The van der Waals surface area contributed by atoms with Gasteiger partial charge in [-0.3, -0.25) is 25.8 Å². The Bertz CT molecular complexity index is 956. The fourth-order valence-electron chi connectivity index (χ4n) is 2.33. The molecule has 0 aliphatic heterocycles. The smallest absolute Gasteiger partial charge is 0.294 e. The fourth-order valence-corrected chi connectivity index (χ4v) is 2.33. The van der Waals surface area contributed by atoms with E-state index in [-0.39, 0.29) is 35.9 Å². The van der Waals surface area contributed by atoms with Gasteiger partial charge in [0.25, 0.3) is 5.69 Å². The summed E-state index contributed by atoms with van der Waals surface area (Å²) < 4.78 is 18.5. The van der Waals surface area contributed by atoms with Gasteiger partial charge in [-0.25, -0.2) is 9.37 Å². The molecule has 0 aliphatic carbocycles. The lowest BCUT2D eigenvalue weighted by molar-refractivity contribution is -0.384. The van der Waals surface area contributed by atoms with Crippen LogP contribution in [0.5, 0.6) is 0 Å². The number of amides is 1. The molecule has 2 aromatic carbocycles. The molecule has 9 heteroatoms. The number of nitrogens with one attached hydrogen (secondary N) is 2. The van der Waals surface area contributed by atoms with E-state index < -0.39 is 4.92 Å². The quantitative estimate of drug-likeness (QED) is 0.487. The molecule has 138 valence electrons. The number of oxazole rings is 1. The van der Waals surface area contributed by atoms with Crippen molar-refractivity contribution in [1.29, 1.82) is 0 Å². The Morgan fingerprint density at radius 1 is 1.19 bits per heavy atom. The number of carbonyl (C=O) groups excluding carboxylic acids is 1. The minimum atomic E-state index is -0.543. The van der Waals surface area contributed by atoms with Gasteiger partial charge in [0.15, 0.2) is 11.7 Å². The normalized spacial score (nSPS) is 10.4. The fraction of sp³-hybridized carbons (Fsp3) is 0.111. The molecular weight excluding hydrogens is 355 g/mol. The van der Waals surface area contributed by atoms with Crippen molar-refractivity contribution >= 4 is 17.3 Å². The first-order valence-corrected chi connectivity index (χ1v) is 8.02. The second-order valence-electron chi connectivity index (χ2n) is 5.57. The molecule has 0 bridgehead atoms. The highest BCUT2D eigenvalue weighted by Gasteiger charge is 2.13. The van der Waals surface area contributed by atoms with Crippen LogP contribution in [0.4, 0.5) is 15.8 Å². The topological polar surface area (TPSA) is 110 Å². The van der Waals surface area contributed by atoms with Gasteiger partial charge in [-0.05, 0) is 30.3 Å². The number of halogens is 1. The average Bonchev–Trinajstić information content (AvgIpc) is 3.14. The van der Waals surface area contributed by atoms with Crippen LogP contribution in [0, 0.1) is 15.9 Å². The first-order chi connectivity index (χ1) is 13.0. The lowest BCUT2D eigenvalue weighted by Gasteiger charge is -2.08. The van der Waals surface area contributed by atoms with Gasteiger partial charge < -0.3 is 4.42 Å². The third-order valence-corrected chi connectivity index (χ3v) is 3.69. The van der Waals surface area contributed by atoms with Gasteiger partial charge in [0.05, 0.1) is 11.1 Å². The zero-order valence-corrected chi connectivity index (χ0v) is 14.0. The van der Waals surface area contributed by atoms with E-state index in [1.54, 1.807) is 18.2 Å². The van der Waals surface area contributed by atoms with E-state index in [1.165, 1.54) is 36.5 Å². The number of nitro groups is 1. The standard InChI is InChI=1S/C18H15FN4O4/c19-13-7-5-12(6-8-13)16-11-20-18(27-16)10-9-17(24)22-21-14-3-1-2-4-15(14)23(25)26/h1-8,11,21H,9-10H2,(H,22,24). The van der Waals surface area contributed by atoms with E-state index in [4.69, 9.17) is 4.42 Å². The predicted molar refractivity (Wildman–Crippen MR) is 95.1 cm³/mol. The predicted octanol–water partition coefficient (Wildman–Crippen LogP) is 3.46. The van der Waals surface area contributed by atoms with Gasteiger partial charge in [0.1, 0.15) is 11.5 Å². The first-order valence-electron chi connectivity index (χ1n) is 8.02. The zero-order chi connectivity index (χ0) is 19.2. The first kappa shape index (κ1) is 18.1. The van der Waals surface area contributed by atoms with Crippen LogP contribution < -0.4 is 10.9 Å². The second-order valence-corrected chi connectivity index (χ2v) is 5.57. The van der Waals surface area contributed by atoms with Crippen molar-refractivity contribution in [2.45, 2.75) is 12.8 Å². The number of aromatic nitrogens is 1. The maximum Gasteiger partial charge on any atom is 0.294 e. The Hall–Kier alpha value is -3.75. The van der Waals surface area contributed by atoms with Crippen molar-refractivity contribution in [1.82, 2.24) is 10.4 Å². The third-order valence-electron chi connectivity index (χ3n) is 3.69. The van der Waals surface area contributed by atoms with Crippen molar-refractivity contribution in [3.8, 4) is 11.3 Å². The molecule has 0 aliphatic rings. The molecule has 1 aromatic heterocycles. The monoisotopic (exact) mass is 370 g/mol. The molecule has 0 saturated heterocycles. The van der Waals surface area contributed by atoms with Crippen LogP contribution in [0.2, 0.25) is 0 Å². The summed E-state index contributed by atoms with van der Waals surface area (Å²) >= 11 is 0. The van der Waals surface area contributed by atoms with E-state index >= 15 is 0 Å². The summed E-state index contributed by atoms with van der Waals surface area (Å²) in [7, 11) is 0. The van der Waals surface area contributed by atoms with Crippen LogP contribution in [0.15, 0.2) is 59.1 Å². The van der Waals surface area contributed by atoms with Crippen molar-refractivity contribution in [2.24, 2.45) is 0 Å². The lowest BCUT2D eigenvalue weighted by Crippen LogP contribution is -2.29. The van der Waals surface area contributed by atoms with Crippen LogP contribution in [0.1, 0.15) is 12.3 Å². The molecule has 0 unspecified atom stereocenters. The van der Waals surface area contributed by atoms with Crippen molar-refractivity contribution < 1.29 is 18.5 Å². The molecule has 0 atom stereocenters. The molecule has 1 amide bonds. The molecule has 0 saturated carbocycles. The van der Waals surface area contributed by atoms with E-state index in [0.717, 1.165) is 0 Å². The maximum absolute atomic E-state index is 12.9. The summed E-state index contributed by atoms with van der Waals surface area (Å²) in [5, 5.41) is 10.9. The summed E-state index contributed by atoms with van der Waals surface area (Å²) in [5.74, 6) is 0.106. The van der Waals surface area contributed by atoms with Crippen molar-refractivity contribution in [2.75, 3.05) is 5.43 Å². The zero-order valence-electron chi connectivity index (χ0n) is 14.0. The minimum absolute atomic E-state index is 0.0665. The number of hydrazine groups is 1. The largest absolute Gasteiger partial charge is 0.441 e. The molecule has 3 aromatic rings. The Morgan fingerprint density at radius 3 is 2.67 bits per heavy atom. The van der Waals surface area contributed by atoms with Gasteiger partial charge in [-0.15, -0.1) is 0 Å². The number of nitro benzene ring substituents is 1. The Morgan fingerprint density at radius 2 is 1.93 bits per heavy atom. The number of hydrogen-bond donors (Lipinski definition) is 2. The maximum atomic E-state index is 12.9. The lowest BCUT2D eigenvalue weighted by atomic mass is 10.2. The van der Waals surface area contributed by atoms with Gasteiger partial charge in [0.2, 0.25) is 5.91 Å². The van der Waals surface area contributed by atoms with Crippen LogP contribution in [-0.2, 0) is 11.2 Å². The van der Waals surface area contributed by atoms with Crippen LogP contribution in [-0.4, -0.2) is 15.8 Å². The number of para-hydroxylation sites is 2. The van der Waals surface area contributed by atoms with E-state index in [0.29, 0.717) is 17.2 Å². The summed E-state index contributed by atoms with van der Waals surface area (Å²) in [6.07, 6.45) is 1.81. The van der Waals surface area contributed by atoms with Crippen LogP contribution >= 0.6 is 0 Å². The number of anilines is 1. The number of carbonyl (C=O) groups is 1. The average molecular weight is 370 g/mol. The molecule has 1 heterocycles. The molecule has 3 rings (SSSR count). The summed E-state index contributed by atoms with van der Waals surface area (Å²) in [6, 6.07) is 11.8. The van der Waals surface area contributed by atoms with Crippen molar-refractivity contribution in [3.63, 3.8) is 0 Å². The molecule has 0 fully saturated rings. The Balaban J connectivity index is 1.53. The second kappa shape index (κ2) is 8.09. The van der Waals surface area contributed by atoms with Gasteiger partial charge in [0, 0.05) is 24.5 Å². The Kier molecular flexibility index (Phi) is 5.41. The molecule has 27 heavy (non-hydrogen) atoms. The number of benzene rings is 2. The number of hydrogen-bond acceptors (Lipinski definition) is 6. The minimum Gasteiger partial charge on any atom is -0.441 e. The summed E-state index contributed by atoms with van der Waals surface area (Å²) in [6.45, 7) is 0. The number of rotatable bonds is 7. The highest BCUT2D eigenvalue weighted by atomic mass is 19.1. The highest BCUT2D eigenvalue weighted by Crippen LogP contribution is 2.23. The van der Waals surface area contributed by atoms with Crippen LogP contribution in [0.3, 0.4) is 0 Å². The third kappa shape index (κ3) is 4.66. The molecule has 0 radical (unpaired) electrons. The highest BCUT2D eigenvalue weighted by molar-refractivity contribution is 5.78. The van der Waals surface area contributed by atoms with E-state index in [2.05, 4.69) is 15.8 Å². The van der Waals surface area contributed by atoms with E-state index in [9.17, 15) is 19.3 Å². The Labute approximate surface area is 153 Å². The van der Waals surface area contributed by atoms with Crippen LogP contribution in [0.25, 0.3) is 11.3 Å². The molecular formula is C18H15FN4O4. The number of nitrogens with zero attached hydrogens (tertiary/aromatic N) is 2. The van der Waals surface area contributed by atoms with Gasteiger partial charge in [-0.2, -0.15) is 0 Å². The number of aryl methyl sites for hydroxylation is 1. The molecule has 8 nitrogen and oxygen atoms in total. The molecule has 2 N–H and O–H groups in total. The van der Waals surface area contributed by atoms with Gasteiger partial charge >= 0.3 is 0 Å². The van der Waals surface area contributed by atoms with Gasteiger partial charge in [-0.1, -0.05) is 12.1 Å². The summed E-state index contributed by atoms with van der Waals surface area (Å²) in [4.78, 5) is 26.4.